The van der Waals surface area contributed by atoms with Gasteiger partial charge in [0.2, 0.25) is 0 Å². The molecule has 2 aliphatic rings. The van der Waals surface area contributed by atoms with Crippen LogP contribution in [-0.2, 0) is 11.2 Å². The minimum Gasteiger partial charge on any atom is -0.480 e. The maximum atomic E-state index is 11.4. The lowest BCUT2D eigenvalue weighted by molar-refractivity contribution is -0.142. The Bertz CT molecular complexity index is 810. The number of benzene rings is 2. The van der Waals surface area contributed by atoms with Crippen LogP contribution in [0, 0.1) is 5.92 Å². The number of carboxylic acid groups (broad SMARTS) is 1. The molecular formula is C21H21NO2. The summed E-state index contributed by atoms with van der Waals surface area (Å²) < 4.78 is 0. The molecule has 2 atom stereocenters. The van der Waals surface area contributed by atoms with Gasteiger partial charge in [-0.25, -0.2) is 0 Å². The van der Waals surface area contributed by atoms with Crippen LogP contribution in [0.4, 0.5) is 0 Å². The van der Waals surface area contributed by atoms with Crippen molar-refractivity contribution in [2.24, 2.45) is 5.92 Å². The van der Waals surface area contributed by atoms with Gasteiger partial charge in [0.25, 0.3) is 0 Å². The van der Waals surface area contributed by atoms with Crippen molar-refractivity contribution in [3.63, 3.8) is 0 Å². The molecule has 1 aliphatic heterocycles. The van der Waals surface area contributed by atoms with Crippen LogP contribution in [-0.4, -0.2) is 35.1 Å². The van der Waals surface area contributed by atoms with Gasteiger partial charge in [-0.15, -0.1) is 0 Å². The molecule has 0 bridgehead atoms. The lowest BCUT2D eigenvalue weighted by Gasteiger charge is -2.26. The molecule has 0 saturated carbocycles. The zero-order valence-corrected chi connectivity index (χ0v) is 13.8. The second kappa shape index (κ2) is 5.91. The number of carbonyl (C=O) groups is 1. The van der Waals surface area contributed by atoms with Crippen LogP contribution in [0.15, 0.2) is 60.2 Å². The van der Waals surface area contributed by atoms with Crippen molar-refractivity contribution in [3.8, 4) is 0 Å². The highest BCUT2D eigenvalue weighted by molar-refractivity contribution is 5.86. The lowest BCUT2D eigenvalue weighted by Crippen LogP contribution is -2.37. The van der Waals surface area contributed by atoms with Crippen molar-refractivity contribution < 1.29 is 9.90 Å². The highest BCUT2D eigenvalue weighted by atomic mass is 16.4. The molecule has 4 rings (SSSR count). The first-order valence-electron chi connectivity index (χ1n) is 8.48. The quantitative estimate of drug-likeness (QED) is 0.942. The maximum absolute atomic E-state index is 11.4. The zero-order valence-electron chi connectivity index (χ0n) is 13.8. The standard InChI is InChI=1S/C21H21NO2/c1-14(21(23)24)22-12-17-11-16-9-5-6-10-18(16)20(19(17)13-22)15-7-3-2-4-8-15/h2-10,14,17H,11-13H2,1H3,(H,23,24). The zero-order chi connectivity index (χ0) is 16.7. The fourth-order valence-electron chi connectivity index (χ4n) is 4.05. The summed E-state index contributed by atoms with van der Waals surface area (Å²) in [6, 6.07) is 18.6. The van der Waals surface area contributed by atoms with Crippen molar-refractivity contribution in [2.45, 2.75) is 19.4 Å². The molecule has 0 radical (unpaired) electrons. The van der Waals surface area contributed by atoms with E-state index < -0.39 is 12.0 Å². The molecule has 0 aromatic heterocycles. The predicted molar refractivity (Wildman–Crippen MR) is 94.8 cm³/mol. The van der Waals surface area contributed by atoms with Gasteiger partial charge in [-0.05, 0) is 47.1 Å². The fraction of sp³-hybridized carbons (Fsp3) is 0.286. The van der Waals surface area contributed by atoms with Gasteiger partial charge in [0, 0.05) is 13.1 Å². The number of fused-ring (bicyclic) bond motifs is 2. The molecule has 1 aliphatic carbocycles. The number of hydrogen-bond acceptors (Lipinski definition) is 2. The monoisotopic (exact) mass is 319 g/mol. The van der Waals surface area contributed by atoms with E-state index in [2.05, 4.69) is 53.4 Å². The third kappa shape index (κ3) is 2.45. The number of carboxylic acids is 1. The molecule has 1 saturated heterocycles. The Morgan fingerprint density at radius 1 is 1.12 bits per heavy atom. The third-order valence-corrected chi connectivity index (χ3v) is 5.36. The summed E-state index contributed by atoms with van der Waals surface area (Å²) in [6.07, 6.45) is 1.00. The van der Waals surface area contributed by atoms with E-state index in [1.807, 2.05) is 6.07 Å². The number of nitrogens with zero attached hydrogens (tertiary/aromatic N) is 1. The van der Waals surface area contributed by atoms with E-state index in [0.29, 0.717) is 5.92 Å². The Labute approximate surface area is 142 Å². The molecule has 1 fully saturated rings. The number of aliphatic carboxylic acids is 1. The van der Waals surface area contributed by atoms with Gasteiger partial charge in [0.15, 0.2) is 0 Å². The number of likely N-dealkylation sites (tertiary alicyclic amines) is 1. The van der Waals surface area contributed by atoms with Crippen LogP contribution in [0.25, 0.3) is 5.57 Å². The average Bonchev–Trinajstić information content (AvgIpc) is 3.02. The Balaban J connectivity index is 1.83. The van der Waals surface area contributed by atoms with E-state index in [1.54, 1.807) is 6.92 Å². The first-order valence-corrected chi connectivity index (χ1v) is 8.48. The van der Waals surface area contributed by atoms with E-state index in [4.69, 9.17) is 0 Å². The molecule has 0 spiro atoms. The summed E-state index contributed by atoms with van der Waals surface area (Å²) in [5.41, 5.74) is 6.61. The molecule has 2 aromatic rings. The van der Waals surface area contributed by atoms with Gasteiger partial charge in [-0.1, -0.05) is 54.6 Å². The molecule has 1 heterocycles. The van der Waals surface area contributed by atoms with Crippen LogP contribution in [0.5, 0.6) is 0 Å². The van der Waals surface area contributed by atoms with Gasteiger partial charge in [0.05, 0.1) is 0 Å². The van der Waals surface area contributed by atoms with E-state index >= 15 is 0 Å². The summed E-state index contributed by atoms with van der Waals surface area (Å²) in [7, 11) is 0. The van der Waals surface area contributed by atoms with E-state index in [0.717, 1.165) is 19.5 Å². The maximum Gasteiger partial charge on any atom is 0.320 e. The van der Waals surface area contributed by atoms with Crippen LogP contribution in [0.1, 0.15) is 23.6 Å². The Morgan fingerprint density at radius 3 is 2.58 bits per heavy atom. The Morgan fingerprint density at radius 2 is 1.83 bits per heavy atom. The van der Waals surface area contributed by atoms with Gasteiger partial charge in [0.1, 0.15) is 6.04 Å². The molecule has 3 heteroatoms. The van der Waals surface area contributed by atoms with Gasteiger partial charge in [-0.3, -0.25) is 9.69 Å². The highest BCUT2D eigenvalue weighted by Gasteiger charge is 2.37. The largest absolute Gasteiger partial charge is 0.480 e. The molecule has 3 nitrogen and oxygen atoms in total. The first kappa shape index (κ1) is 15.2. The lowest BCUT2D eigenvalue weighted by atomic mass is 9.78. The molecule has 0 amide bonds. The SMILES string of the molecule is CC(C(=O)O)N1CC2=C(c3ccccc3)c3ccccc3CC2C1. The van der Waals surface area contributed by atoms with Crippen molar-refractivity contribution in [1.29, 1.82) is 0 Å². The number of hydrogen-bond donors (Lipinski definition) is 1. The van der Waals surface area contributed by atoms with Crippen molar-refractivity contribution in [3.05, 3.63) is 76.9 Å². The predicted octanol–water partition coefficient (Wildman–Crippen LogP) is 3.45. The summed E-state index contributed by atoms with van der Waals surface area (Å²) in [5.74, 6) is -0.329. The van der Waals surface area contributed by atoms with E-state index in [9.17, 15) is 9.90 Å². The Kier molecular flexibility index (Phi) is 3.73. The second-order valence-electron chi connectivity index (χ2n) is 6.77. The third-order valence-electron chi connectivity index (χ3n) is 5.36. The van der Waals surface area contributed by atoms with Gasteiger partial charge < -0.3 is 5.11 Å². The topological polar surface area (TPSA) is 40.5 Å². The summed E-state index contributed by atoms with van der Waals surface area (Å²) in [4.78, 5) is 13.5. The van der Waals surface area contributed by atoms with Crippen molar-refractivity contribution in [1.82, 2.24) is 4.90 Å². The molecule has 122 valence electrons. The smallest absolute Gasteiger partial charge is 0.320 e. The molecule has 2 aromatic carbocycles. The molecule has 2 unspecified atom stereocenters. The van der Waals surface area contributed by atoms with Crippen LogP contribution in [0.2, 0.25) is 0 Å². The summed E-state index contributed by atoms with van der Waals surface area (Å²) >= 11 is 0. The fourth-order valence-corrected chi connectivity index (χ4v) is 4.05. The van der Waals surface area contributed by atoms with Gasteiger partial charge in [-0.2, -0.15) is 0 Å². The molecule has 24 heavy (non-hydrogen) atoms. The van der Waals surface area contributed by atoms with Crippen LogP contribution in [0.3, 0.4) is 0 Å². The highest BCUT2D eigenvalue weighted by Crippen LogP contribution is 2.42. The van der Waals surface area contributed by atoms with Crippen LogP contribution >= 0.6 is 0 Å². The van der Waals surface area contributed by atoms with Crippen LogP contribution < -0.4 is 0 Å². The normalized spacial score (nSPS) is 21.3. The summed E-state index contributed by atoms with van der Waals surface area (Å²) in [5, 5.41) is 9.37. The van der Waals surface area contributed by atoms with E-state index in [1.165, 1.54) is 27.8 Å². The molecule has 1 N–H and O–H groups in total. The van der Waals surface area contributed by atoms with E-state index in [-0.39, 0.29) is 0 Å². The average molecular weight is 319 g/mol. The second-order valence-corrected chi connectivity index (χ2v) is 6.77. The van der Waals surface area contributed by atoms with Crippen molar-refractivity contribution in [2.75, 3.05) is 13.1 Å². The van der Waals surface area contributed by atoms with Gasteiger partial charge >= 0.3 is 5.97 Å². The molecular weight excluding hydrogens is 298 g/mol. The minimum atomic E-state index is -0.743. The Hall–Kier alpha value is -2.39. The first-order chi connectivity index (χ1) is 11.6. The minimum absolute atomic E-state index is 0.414. The van der Waals surface area contributed by atoms with Crippen molar-refractivity contribution >= 4 is 11.5 Å². The number of rotatable bonds is 3. The summed E-state index contributed by atoms with van der Waals surface area (Å²) in [6.45, 7) is 3.36.